The molecule has 1 heterocycles. The molecule has 0 saturated carbocycles. The number of carboxylic acid groups (broad SMARTS) is 1. The number of aromatic nitrogens is 1. The first-order valence-electron chi connectivity index (χ1n) is 9.27. The van der Waals surface area contributed by atoms with Crippen LogP contribution >= 0.6 is 0 Å². The number of benzene rings is 2. The van der Waals surface area contributed by atoms with Crippen molar-refractivity contribution >= 4 is 5.97 Å². The molecule has 0 aliphatic heterocycles. The van der Waals surface area contributed by atoms with Crippen molar-refractivity contribution in [1.82, 2.24) is 4.98 Å². The van der Waals surface area contributed by atoms with E-state index in [-0.39, 0.29) is 17.7 Å². The highest BCUT2D eigenvalue weighted by Crippen LogP contribution is 2.46. The van der Waals surface area contributed by atoms with Crippen LogP contribution in [0.5, 0.6) is 17.2 Å². The monoisotopic (exact) mass is 409 g/mol. The summed E-state index contributed by atoms with van der Waals surface area (Å²) in [7, 11) is 2.98. The number of carbonyl (C=O) groups is 1. The lowest BCUT2D eigenvalue weighted by Crippen LogP contribution is -2.21. The number of hydrogen-bond donors (Lipinski definition) is 2. The fourth-order valence-corrected chi connectivity index (χ4v) is 3.32. The summed E-state index contributed by atoms with van der Waals surface area (Å²) in [5.74, 6) is -0.269. The summed E-state index contributed by atoms with van der Waals surface area (Å²) in [4.78, 5) is 27.0. The maximum atomic E-state index is 12.5. The fourth-order valence-electron chi connectivity index (χ4n) is 3.32. The molecule has 30 heavy (non-hydrogen) atoms. The first-order chi connectivity index (χ1) is 14.4. The van der Waals surface area contributed by atoms with Crippen LogP contribution in [0.15, 0.2) is 47.3 Å². The van der Waals surface area contributed by atoms with Gasteiger partial charge in [0.2, 0.25) is 5.75 Å². The molecule has 0 unspecified atom stereocenters. The number of methoxy groups -OCH3 is 2. The Morgan fingerprint density at radius 2 is 1.70 bits per heavy atom. The maximum absolute atomic E-state index is 12.5. The zero-order chi connectivity index (χ0) is 21.8. The zero-order valence-corrected chi connectivity index (χ0v) is 17.2. The second-order valence-corrected chi connectivity index (χ2v) is 6.71. The number of aryl methyl sites for hydroxylation is 1. The molecule has 0 saturated heterocycles. The van der Waals surface area contributed by atoms with Gasteiger partial charge in [0.15, 0.2) is 11.5 Å². The lowest BCUT2D eigenvalue weighted by Gasteiger charge is -2.20. The molecule has 0 aliphatic carbocycles. The molecule has 7 heteroatoms. The van der Waals surface area contributed by atoms with Crippen LogP contribution in [-0.2, 0) is 6.61 Å². The summed E-state index contributed by atoms with van der Waals surface area (Å²) in [5, 5.41) is 9.73. The highest BCUT2D eigenvalue weighted by atomic mass is 16.5. The van der Waals surface area contributed by atoms with Gasteiger partial charge < -0.3 is 24.3 Å². The quantitative estimate of drug-likeness (QED) is 0.613. The van der Waals surface area contributed by atoms with E-state index in [2.05, 4.69) is 4.98 Å². The summed E-state index contributed by atoms with van der Waals surface area (Å²) in [6.07, 6.45) is 0. The molecule has 3 rings (SSSR count). The minimum absolute atomic E-state index is 0.223. The Balaban J connectivity index is 2.28. The molecule has 0 amide bonds. The number of aromatic amines is 1. The van der Waals surface area contributed by atoms with Crippen LogP contribution < -0.4 is 19.8 Å². The Morgan fingerprint density at radius 1 is 1.00 bits per heavy atom. The van der Waals surface area contributed by atoms with Gasteiger partial charge in [0, 0.05) is 16.8 Å². The number of rotatable bonds is 7. The van der Waals surface area contributed by atoms with Crippen molar-refractivity contribution in [2.45, 2.75) is 20.5 Å². The number of carboxylic acids is 1. The minimum atomic E-state index is -1.32. The summed E-state index contributed by atoms with van der Waals surface area (Å²) < 4.78 is 17.0. The van der Waals surface area contributed by atoms with E-state index in [1.54, 1.807) is 26.0 Å². The molecule has 0 fully saturated rings. The molecule has 1 aromatic heterocycles. The molecule has 0 spiro atoms. The van der Waals surface area contributed by atoms with Crippen LogP contribution in [0.1, 0.15) is 27.2 Å². The van der Waals surface area contributed by atoms with Crippen LogP contribution in [0.3, 0.4) is 0 Å². The number of hydrogen-bond acceptors (Lipinski definition) is 5. The maximum Gasteiger partial charge on any atom is 0.341 e. The van der Waals surface area contributed by atoms with Gasteiger partial charge in [-0.2, -0.15) is 0 Å². The number of nitrogens with one attached hydrogen (secondary N) is 1. The highest BCUT2D eigenvalue weighted by molar-refractivity contribution is 5.98. The molecule has 0 radical (unpaired) electrons. The van der Waals surface area contributed by atoms with E-state index in [0.29, 0.717) is 34.1 Å². The second kappa shape index (κ2) is 8.73. The van der Waals surface area contributed by atoms with Gasteiger partial charge in [-0.3, -0.25) is 4.79 Å². The third kappa shape index (κ3) is 3.87. The van der Waals surface area contributed by atoms with Crippen LogP contribution in [0.25, 0.3) is 11.1 Å². The Hall–Kier alpha value is -3.74. The Kier molecular flexibility index (Phi) is 6.11. The normalized spacial score (nSPS) is 10.5. The number of pyridine rings is 1. The standard InChI is InChI=1S/C23H23NO6/c1-13-14(2)24-22(25)19(23(26)27)18(13)16-10-11-17(28-3)21(29-4)20(16)30-12-15-8-6-5-7-9-15/h5-11H,12H2,1-4H3,(H,24,25)(H,26,27). The molecule has 7 nitrogen and oxygen atoms in total. The molecule has 0 bridgehead atoms. The number of ether oxygens (including phenoxy) is 3. The van der Waals surface area contributed by atoms with Crippen molar-refractivity contribution in [3.05, 3.63) is 75.2 Å². The van der Waals surface area contributed by atoms with Gasteiger partial charge >= 0.3 is 5.97 Å². The van der Waals surface area contributed by atoms with Crippen LogP contribution in [-0.4, -0.2) is 30.3 Å². The van der Waals surface area contributed by atoms with Gasteiger partial charge in [-0.25, -0.2) is 4.79 Å². The Morgan fingerprint density at radius 3 is 2.30 bits per heavy atom. The summed E-state index contributed by atoms with van der Waals surface area (Å²) in [6.45, 7) is 3.70. The predicted octanol–water partition coefficient (Wildman–Crippen LogP) is 3.95. The van der Waals surface area contributed by atoms with Crippen LogP contribution in [0.4, 0.5) is 0 Å². The van der Waals surface area contributed by atoms with Crippen LogP contribution in [0.2, 0.25) is 0 Å². The summed E-state index contributed by atoms with van der Waals surface area (Å²) in [6, 6.07) is 12.9. The van der Waals surface area contributed by atoms with Crippen molar-refractivity contribution in [3.63, 3.8) is 0 Å². The lowest BCUT2D eigenvalue weighted by atomic mass is 9.94. The molecular formula is C23H23NO6. The molecule has 0 aliphatic rings. The zero-order valence-electron chi connectivity index (χ0n) is 17.2. The average Bonchev–Trinajstić information content (AvgIpc) is 2.74. The van der Waals surface area contributed by atoms with Crippen molar-refractivity contribution in [2.24, 2.45) is 0 Å². The largest absolute Gasteiger partial charge is 0.493 e. The van der Waals surface area contributed by atoms with Crippen molar-refractivity contribution < 1.29 is 24.1 Å². The molecule has 2 aromatic carbocycles. The van der Waals surface area contributed by atoms with E-state index in [1.807, 2.05) is 30.3 Å². The van der Waals surface area contributed by atoms with Gasteiger partial charge in [-0.05, 0) is 37.1 Å². The SMILES string of the molecule is COc1ccc(-c2c(C)c(C)[nH]c(=O)c2C(=O)O)c(OCc2ccccc2)c1OC. The molecular weight excluding hydrogens is 386 g/mol. The fraction of sp³-hybridized carbons (Fsp3) is 0.217. The molecule has 3 aromatic rings. The van der Waals surface area contributed by atoms with Crippen molar-refractivity contribution in [3.8, 4) is 28.4 Å². The average molecular weight is 409 g/mol. The van der Waals surface area contributed by atoms with Crippen LogP contribution in [0, 0.1) is 13.8 Å². The van der Waals surface area contributed by atoms with Crippen molar-refractivity contribution in [1.29, 1.82) is 0 Å². The summed E-state index contributed by atoms with van der Waals surface area (Å²) >= 11 is 0. The van der Waals surface area contributed by atoms with E-state index in [1.165, 1.54) is 14.2 Å². The Labute approximate surface area is 173 Å². The first kappa shape index (κ1) is 21.0. The third-order valence-electron chi connectivity index (χ3n) is 4.92. The molecule has 156 valence electrons. The van der Waals surface area contributed by atoms with Gasteiger partial charge in [0.25, 0.3) is 5.56 Å². The van der Waals surface area contributed by atoms with E-state index in [0.717, 1.165) is 5.56 Å². The van der Waals surface area contributed by atoms with Gasteiger partial charge in [-0.15, -0.1) is 0 Å². The summed E-state index contributed by atoms with van der Waals surface area (Å²) in [5.41, 5.74) is 1.82. The van der Waals surface area contributed by atoms with Gasteiger partial charge in [0.1, 0.15) is 12.2 Å². The topological polar surface area (TPSA) is 97.9 Å². The second-order valence-electron chi connectivity index (χ2n) is 6.71. The Bertz CT molecular complexity index is 1130. The number of H-pyrrole nitrogens is 1. The van der Waals surface area contributed by atoms with E-state index >= 15 is 0 Å². The highest BCUT2D eigenvalue weighted by Gasteiger charge is 2.26. The first-order valence-corrected chi connectivity index (χ1v) is 9.27. The predicted molar refractivity (Wildman–Crippen MR) is 113 cm³/mol. The smallest absolute Gasteiger partial charge is 0.341 e. The third-order valence-corrected chi connectivity index (χ3v) is 4.92. The van der Waals surface area contributed by atoms with Gasteiger partial charge in [0.05, 0.1) is 14.2 Å². The van der Waals surface area contributed by atoms with Gasteiger partial charge in [-0.1, -0.05) is 30.3 Å². The van der Waals surface area contributed by atoms with E-state index < -0.39 is 11.5 Å². The molecule has 2 N–H and O–H groups in total. The van der Waals surface area contributed by atoms with E-state index in [4.69, 9.17) is 14.2 Å². The lowest BCUT2D eigenvalue weighted by molar-refractivity contribution is 0.0695. The van der Waals surface area contributed by atoms with E-state index in [9.17, 15) is 14.7 Å². The molecule has 0 atom stereocenters. The van der Waals surface area contributed by atoms with Crippen molar-refractivity contribution in [2.75, 3.05) is 14.2 Å². The minimum Gasteiger partial charge on any atom is -0.493 e. The number of aromatic carboxylic acids is 1.